The normalized spacial score (nSPS) is 10.2. The van der Waals surface area contributed by atoms with Crippen LogP contribution in [0.15, 0.2) is 42.5 Å². The fourth-order valence-corrected chi connectivity index (χ4v) is 2.85. The standard InChI is InChI=1S/C21H26N2O3S/c1-4-26-20(24)17-10-11-19(15(2)13-17)23-21(27)22-12-6-8-16-7-5-9-18(14-16)25-3/h5,7,9-11,13-14H,4,6,8,12H2,1-3H3,(H2,22,23,27). The minimum Gasteiger partial charge on any atom is -0.497 e. The summed E-state index contributed by atoms with van der Waals surface area (Å²) >= 11 is 5.36. The third-order valence-corrected chi connectivity index (χ3v) is 4.29. The molecule has 0 atom stereocenters. The third kappa shape index (κ3) is 6.57. The summed E-state index contributed by atoms with van der Waals surface area (Å²) < 4.78 is 10.3. The molecule has 2 rings (SSSR count). The smallest absolute Gasteiger partial charge is 0.338 e. The molecule has 0 amide bonds. The second-order valence-corrected chi connectivity index (χ2v) is 6.49. The van der Waals surface area contributed by atoms with Crippen LogP contribution in [0.3, 0.4) is 0 Å². The summed E-state index contributed by atoms with van der Waals surface area (Å²) in [5, 5.41) is 6.95. The lowest BCUT2D eigenvalue weighted by Crippen LogP contribution is -2.29. The number of anilines is 1. The van der Waals surface area contributed by atoms with Gasteiger partial charge in [-0.15, -0.1) is 0 Å². The first-order chi connectivity index (χ1) is 13.0. The largest absolute Gasteiger partial charge is 0.497 e. The highest BCUT2D eigenvalue weighted by Crippen LogP contribution is 2.17. The van der Waals surface area contributed by atoms with Gasteiger partial charge in [-0.05, 0) is 80.4 Å². The number of methoxy groups -OCH3 is 1. The average Bonchev–Trinajstić information content (AvgIpc) is 2.67. The second kappa shape index (κ2) is 10.5. The van der Waals surface area contributed by atoms with Crippen molar-refractivity contribution in [1.29, 1.82) is 0 Å². The molecule has 0 fully saturated rings. The van der Waals surface area contributed by atoms with Crippen molar-refractivity contribution >= 4 is 29.0 Å². The van der Waals surface area contributed by atoms with Crippen LogP contribution in [0.2, 0.25) is 0 Å². The number of esters is 1. The first-order valence-corrected chi connectivity index (χ1v) is 9.40. The Labute approximate surface area is 166 Å². The lowest BCUT2D eigenvalue weighted by Gasteiger charge is -2.13. The van der Waals surface area contributed by atoms with E-state index < -0.39 is 0 Å². The van der Waals surface area contributed by atoms with Gasteiger partial charge in [0.05, 0.1) is 19.3 Å². The molecular weight excluding hydrogens is 360 g/mol. The number of rotatable bonds is 8. The van der Waals surface area contributed by atoms with Crippen LogP contribution in [-0.2, 0) is 11.2 Å². The molecule has 6 heteroatoms. The van der Waals surface area contributed by atoms with Crippen molar-refractivity contribution < 1.29 is 14.3 Å². The number of ether oxygens (including phenoxy) is 2. The predicted molar refractivity (Wildman–Crippen MR) is 113 cm³/mol. The zero-order valence-electron chi connectivity index (χ0n) is 16.0. The van der Waals surface area contributed by atoms with E-state index >= 15 is 0 Å². The molecule has 0 saturated heterocycles. The molecule has 27 heavy (non-hydrogen) atoms. The van der Waals surface area contributed by atoms with Gasteiger partial charge in [0, 0.05) is 12.2 Å². The molecule has 144 valence electrons. The van der Waals surface area contributed by atoms with Crippen LogP contribution < -0.4 is 15.4 Å². The van der Waals surface area contributed by atoms with E-state index in [0.29, 0.717) is 17.3 Å². The predicted octanol–water partition coefficient (Wildman–Crippen LogP) is 4.10. The third-order valence-electron chi connectivity index (χ3n) is 4.05. The van der Waals surface area contributed by atoms with Gasteiger partial charge >= 0.3 is 5.97 Å². The van der Waals surface area contributed by atoms with Crippen LogP contribution in [0.25, 0.3) is 0 Å². The molecule has 0 heterocycles. The zero-order valence-corrected chi connectivity index (χ0v) is 16.8. The monoisotopic (exact) mass is 386 g/mol. The Bertz CT molecular complexity index is 793. The zero-order chi connectivity index (χ0) is 19.6. The average molecular weight is 387 g/mol. The van der Waals surface area contributed by atoms with Crippen molar-refractivity contribution in [3.8, 4) is 5.75 Å². The Morgan fingerprint density at radius 3 is 2.70 bits per heavy atom. The summed E-state index contributed by atoms with van der Waals surface area (Å²) in [5.74, 6) is 0.560. The number of hydrogen-bond acceptors (Lipinski definition) is 4. The summed E-state index contributed by atoms with van der Waals surface area (Å²) in [6, 6.07) is 13.4. The highest BCUT2D eigenvalue weighted by molar-refractivity contribution is 7.80. The van der Waals surface area contributed by atoms with Gasteiger partial charge in [-0.25, -0.2) is 4.79 Å². The maximum absolute atomic E-state index is 11.8. The van der Waals surface area contributed by atoms with Gasteiger partial charge in [-0.1, -0.05) is 12.1 Å². The minimum absolute atomic E-state index is 0.314. The molecule has 0 unspecified atom stereocenters. The Balaban J connectivity index is 1.79. The fraction of sp³-hybridized carbons (Fsp3) is 0.333. The van der Waals surface area contributed by atoms with E-state index in [1.807, 2.05) is 31.2 Å². The topological polar surface area (TPSA) is 59.6 Å². The van der Waals surface area contributed by atoms with Gasteiger partial charge in [0.1, 0.15) is 5.75 Å². The summed E-state index contributed by atoms with van der Waals surface area (Å²) in [7, 11) is 1.67. The lowest BCUT2D eigenvalue weighted by molar-refractivity contribution is 0.0526. The summed E-state index contributed by atoms with van der Waals surface area (Å²) in [6.45, 7) is 4.85. The van der Waals surface area contributed by atoms with Gasteiger partial charge in [0.15, 0.2) is 5.11 Å². The van der Waals surface area contributed by atoms with Crippen molar-refractivity contribution in [2.45, 2.75) is 26.7 Å². The number of aryl methyl sites for hydroxylation is 2. The molecule has 0 saturated carbocycles. The molecule has 0 aliphatic heterocycles. The molecule has 0 radical (unpaired) electrons. The first kappa shape index (κ1) is 20.7. The molecule has 2 N–H and O–H groups in total. The SMILES string of the molecule is CCOC(=O)c1ccc(NC(=S)NCCCc2cccc(OC)c2)c(C)c1. The number of thiocarbonyl (C=S) groups is 1. The van der Waals surface area contributed by atoms with Gasteiger partial charge in [-0.2, -0.15) is 0 Å². The molecular formula is C21H26N2O3S. The molecule has 0 spiro atoms. The number of carbonyl (C=O) groups is 1. The summed E-state index contributed by atoms with van der Waals surface area (Å²) in [6.07, 6.45) is 1.90. The highest BCUT2D eigenvalue weighted by atomic mass is 32.1. The highest BCUT2D eigenvalue weighted by Gasteiger charge is 2.09. The van der Waals surface area contributed by atoms with E-state index in [-0.39, 0.29) is 5.97 Å². The van der Waals surface area contributed by atoms with Crippen LogP contribution in [0, 0.1) is 6.92 Å². The van der Waals surface area contributed by atoms with E-state index in [1.54, 1.807) is 26.2 Å². The maximum Gasteiger partial charge on any atom is 0.338 e. The number of hydrogen-bond donors (Lipinski definition) is 2. The van der Waals surface area contributed by atoms with E-state index in [9.17, 15) is 4.79 Å². The maximum atomic E-state index is 11.8. The molecule has 5 nitrogen and oxygen atoms in total. The fourth-order valence-electron chi connectivity index (χ4n) is 2.63. The van der Waals surface area contributed by atoms with Crippen LogP contribution in [0.4, 0.5) is 5.69 Å². The summed E-state index contributed by atoms with van der Waals surface area (Å²) in [4.78, 5) is 11.8. The first-order valence-electron chi connectivity index (χ1n) is 8.99. The Hall–Kier alpha value is -2.60. The van der Waals surface area contributed by atoms with Crippen LogP contribution in [0.1, 0.15) is 34.8 Å². The molecule has 2 aromatic rings. The van der Waals surface area contributed by atoms with E-state index in [4.69, 9.17) is 21.7 Å². The Morgan fingerprint density at radius 1 is 1.19 bits per heavy atom. The van der Waals surface area contributed by atoms with E-state index in [1.165, 1.54) is 5.56 Å². The van der Waals surface area contributed by atoms with Gasteiger partial charge in [-0.3, -0.25) is 0 Å². The second-order valence-electron chi connectivity index (χ2n) is 6.09. The minimum atomic E-state index is -0.314. The molecule has 2 aromatic carbocycles. The van der Waals surface area contributed by atoms with Crippen LogP contribution in [0.5, 0.6) is 5.75 Å². The number of benzene rings is 2. The molecule has 0 aliphatic carbocycles. The number of carbonyl (C=O) groups excluding carboxylic acids is 1. The van der Waals surface area contributed by atoms with E-state index in [0.717, 1.165) is 36.4 Å². The Kier molecular flexibility index (Phi) is 8.07. The molecule has 0 aliphatic rings. The molecule has 0 bridgehead atoms. The molecule has 0 aromatic heterocycles. The van der Waals surface area contributed by atoms with Crippen LogP contribution >= 0.6 is 12.2 Å². The number of nitrogens with one attached hydrogen (secondary N) is 2. The van der Waals surface area contributed by atoms with Crippen molar-refractivity contribution in [2.24, 2.45) is 0 Å². The quantitative estimate of drug-likeness (QED) is 0.405. The van der Waals surface area contributed by atoms with Crippen molar-refractivity contribution in [3.05, 3.63) is 59.2 Å². The van der Waals surface area contributed by atoms with Crippen molar-refractivity contribution in [1.82, 2.24) is 5.32 Å². The van der Waals surface area contributed by atoms with Crippen molar-refractivity contribution in [2.75, 3.05) is 25.6 Å². The van der Waals surface area contributed by atoms with Crippen LogP contribution in [-0.4, -0.2) is 31.3 Å². The van der Waals surface area contributed by atoms with E-state index in [2.05, 4.69) is 16.7 Å². The van der Waals surface area contributed by atoms with Crippen molar-refractivity contribution in [3.63, 3.8) is 0 Å². The Morgan fingerprint density at radius 2 is 2.00 bits per heavy atom. The lowest BCUT2D eigenvalue weighted by atomic mass is 10.1. The summed E-state index contributed by atoms with van der Waals surface area (Å²) in [5.41, 5.74) is 3.58. The van der Waals surface area contributed by atoms with Gasteiger partial charge in [0.2, 0.25) is 0 Å². The van der Waals surface area contributed by atoms with Gasteiger partial charge in [0.25, 0.3) is 0 Å². The van der Waals surface area contributed by atoms with Gasteiger partial charge < -0.3 is 20.1 Å².